The van der Waals surface area contributed by atoms with E-state index in [0.717, 1.165) is 27.0 Å². The lowest BCUT2D eigenvalue weighted by molar-refractivity contribution is 0.628. The highest BCUT2D eigenvalue weighted by Gasteiger charge is 2.19. The molecule has 6 nitrogen and oxygen atoms in total. The van der Waals surface area contributed by atoms with Gasteiger partial charge in [-0.3, -0.25) is 9.36 Å². The zero-order valence-corrected chi connectivity index (χ0v) is 17.5. The Balaban J connectivity index is 1.76. The van der Waals surface area contributed by atoms with Crippen LogP contribution in [0.1, 0.15) is 12.6 Å². The van der Waals surface area contributed by atoms with Gasteiger partial charge in [-0.05, 0) is 54.4 Å². The number of aromatic nitrogens is 5. The number of aryl methyl sites for hydroxylation is 1. The standard InChI is InChI=1S/C22H15BrFN5O/c1-2-17-19(13-3-7-15(24)8-4-13)21-26-25-20-18(29(21)27-17)11-12-28(22(20)30)16-9-5-14(23)6-10-16/h3-12H,2H2,1H3. The summed E-state index contributed by atoms with van der Waals surface area (Å²) >= 11 is 3.40. The van der Waals surface area contributed by atoms with Gasteiger partial charge in [0.1, 0.15) is 11.3 Å². The fraction of sp³-hybridized carbons (Fsp3) is 0.0909. The van der Waals surface area contributed by atoms with Crippen molar-refractivity contribution in [3.63, 3.8) is 0 Å². The third-order valence-electron chi connectivity index (χ3n) is 5.02. The number of halogens is 2. The molecule has 2 aromatic carbocycles. The molecule has 0 amide bonds. The van der Waals surface area contributed by atoms with Gasteiger partial charge in [0.2, 0.25) is 0 Å². The predicted molar refractivity (Wildman–Crippen MR) is 116 cm³/mol. The Kier molecular flexibility index (Phi) is 4.43. The zero-order chi connectivity index (χ0) is 20.8. The molecule has 0 aliphatic heterocycles. The van der Waals surface area contributed by atoms with Crippen molar-refractivity contribution in [3.8, 4) is 16.8 Å². The summed E-state index contributed by atoms with van der Waals surface area (Å²) in [6.07, 6.45) is 2.37. The third kappa shape index (κ3) is 2.91. The van der Waals surface area contributed by atoms with Crippen LogP contribution in [0.25, 0.3) is 33.5 Å². The summed E-state index contributed by atoms with van der Waals surface area (Å²) in [5, 5.41) is 13.2. The molecule has 3 heterocycles. The fourth-order valence-electron chi connectivity index (χ4n) is 3.56. The normalized spacial score (nSPS) is 11.4. The highest BCUT2D eigenvalue weighted by Crippen LogP contribution is 2.29. The van der Waals surface area contributed by atoms with Gasteiger partial charge in [-0.15, -0.1) is 10.2 Å². The third-order valence-corrected chi connectivity index (χ3v) is 5.55. The average Bonchev–Trinajstić information content (AvgIpc) is 3.14. The van der Waals surface area contributed by atoms with E-state index >= 15 is 0 Å². The van der Waals surface area contributed by atoms with Crippen LogP contribution in [-0.2, 0) is 6.42 Å². The first kappa shape index (κ1) is 18.6. The SMILES string of the molecule is CCc1nn2c(nnc3c(=O)n(-c4ccc(Br)cc4)ccc32)c1-c1ccc(F)cc1. The minimum atomic E-state index is -0.307. The van der Waals surface area contributed by atoms with E-state index in [2.05, 4.69) is 31.2 Å². The van der Waals surface area contributed by atoms with Crippen molar-refractivity contribution in [2.45, 2.75) is 13.3 Å². The molecule has 5 aromatic rings. The molecule has 0 saturated carbocycles. The number of fused-ring (bicyclic) bond motifs is 3. The second-order valence-electron chi connectivity index (χ2n) is 6.82. The zero-order valence-electron chi connectivity index (χ0n) is 15.9. The van der Waals surface area contributed by atoms with Crippen LogP contribution in [0, 0.1) is 5.82 Å². The molecule has 0 atom stereocenters. The summed E-state index contributed by atoms with van der Waals surface area (Å²) in [6, 6.07) is 15.5. The first-order valence-corrected chi connectivity index (χ1v) is 10.2. The number of nitrogens with zero attached hydrogens (tertiary/aromatic N) is 5. The summed E-state index contributed by atoms with van der Waals surface area (Å²) in [7, 11) is 0. The van der Waals surface area contributed by atoms with E-state index in [9.17, 15) is 9.18 Å². The maximum absolute atomic E-state index is 13.4. The summed E-state index contributed by atoms with van der Waals surface area (Å²) < 4.78 is 17.5. The maximum atomic E-state index is 13.4. The van der Waals surface area contributed by atoms with Crippen LogP contribution in [0.15, 0.2) is 70.1 Å². The number of pyridine rings is 1. The van der Waals surface area contributed by atoms with E-state index in [1.807, 2.05) is 31.2 Å². The highest BCUT2D eigenvalue weighted by molar-refractivity contribution is 9.10. The van der Waals surface area contributed by atoms with Crippen LogP contribution in [0.2, 0.25) is 0 Å². The van der Waals surface area contributed by atoms with Crippen molar-refractivity contribution >= 4 is 32.6 Å². The smallest absolute Gasteiger partial charge is 0.282 e. The van der Waals surface area contributed by atoms with E-state index in [4.69, 9.17) is 0 Å². The fourth-order valence-corrected chi connectivity index (χ4v) is 3.82. The molecule has 0 fully saturated rings. The molecule has 0 aliphatic rings. The topological polar surface area (TPSA) is 65.1 Å². The van der Waals surface area contributed by atoms with Crippen molar-refractivity contribution in [2.24, 2.45) is 0 Å². The minimum Gasteiger partial charge on any atom is -0.282 e. The van der Waals surface area contributed by atoms with E-state index in [0.29, 0.717) is 17.6 Å². The van der Waals surface area contributed by atoms with Gasteiger partial charge in [0.25, 0.3) is 5.56 Å². The monoisotopic (exact) mass is 463 g/mol. The molecule has 0 saturated heterocycles. The molecule has 5 rings (SSSR count). The Morgan fingerprint density at radius 1 is 1.00 bits per heavy atom. The maximum Gasteiger partial charge on any atom is 0.285 e. The van der Waals surface area contributed by atoms with Crippen LogP contribution < -0.4 is 5.56 Å². The number of rotatable bonds is 3. The molecule has 0 aliphatic carbocycles. The van der Waals surface area contributed by atoms with Crippen molar-refractivity contribution in [1.29, 1.82) is 0 Å². The lowest BCUT2D eigenvalue weighted by Gasteiger charge is -2.07. The van der Waals surface area contributed by atoms with Gasteiger partial charge in [-0.1, -0.05) is 35.0 Å². The van der Waals surface area contributed by atoms with E-state index in [1.54, 1.807) is 28.9 Å². The van der Waals surface area contributed by atoms with Crippen LogP contribution in [-0.4, -0.2) is 24.4 Å². The molecule has 0 radical (unpaired) electrons. The first-order valence-electron chi connectivity index (χ1n) is 9.38. The van der Waals surface area contributed by atoms with Crippen molar-refractivity contribution in [1.82, 2.24) is 24.4 Å². The number of hydrogen-bond acceptors (Lipinski definition) is 4. The lowest BCUT2D eigenvalue weighted by atomic mass is 10.0. The summed E-state index contributed by atoms with van der Waals surface area (Å²) in [6.45, 7) is 1.99. The van der Waals surface area contributed by atoms with Crippen LogP contribution in [0.4, 0.5) is 4.39 Å². The molecular weight excluding hydrogens is 449 g/mol. The van der Waals surface area contributed by atoms with Gasteiger partial charge in [0.05, 0.1) is 11.3 Å². The second kappa shape index (κ2) is 7.14. The van der Waals surface area contributed by atoms with Crippen LogP contribution >= 0.6 is 15.9 Å². The van der Waals surface area contributed by atoms with E-state index in [1.165, 1.54) is 16.7 Å². The Hall–Kier alpha value is -3.39. The van der Waals surface area contributed by atoms with Gasteiger partial charge in [0, 0.05) is 16.4 Å². The first-order chi connectivity index (χ1) is 14.6. The molecule has 3 aromatic heterocycles. The average molecular weight is 464 g/mol. The molecule has 148 valence electrons. The number of hydrogen-bond donors (Lipinski definition) is 0. The molecule has 8 heteroatoms. The number of benzene rings is 2. The molecule has 0 spiro atoms. The summed E-state index contributed by atoms with van der Waals surface area (Å²) in [5.41, 5.74) is 4.19. The summed E-state index contributed by atoms with van der Waals surface area (Å²) in [5.74, 6) is -0.307. The molecule has 0 bridgehead atoms. The van der Waals surface area contributed by atoms with Crippen molar-refractivity contribution < 1.29 is 4.39 Å². The quantitative estimate of drug-likeness (QED) is 0.393. The molecule has 30 heavy (non-hydrogen) atoms. The minimum absolute atomic E-state index is 0.226. The van der Waals surface area contributed by atoms with Crippen LogP contribution in [0.3, 0.4) is 0 Å². The molecule has 0 N–H and O–H groups in total. The Labute approximate surface area is 178 Å². The van der Waals surface area contributed by atoms with Crippen molar-refractivity contribution in [3.05, 3.63) is 87.1 Å². The molecule has 0 unspecified atom stereocenters. The van der Waals surface area contributed by atoms with E-state index < -0.39 is 0 Å². The van der Waals surface area contributed by atoms with Gasteiger partial charge in [-0.25, -0.2) is 8.91 Å². The van der Waals surface area contributed by atoms with E-state index in [-0.39, 0.29) is 16.9 Å². The predicted octanol–water partition coefficient (Wildman–Crippen LogP) is 4.56. The summed E-state index contributed by atoms with van der Waals surface area (Å²) in [4.78, 5) is 13.1. The van der Waals surface area contributed by atoms with Gasteiger partial charge in [-0.2, -0.15) is 5.10 Å². The van der Waals surface area contributed by atoms with Crippen LogP contribution in [0.5, 0.6) is 0 Å². The molecular formula is C22H15BrFN5O. The van der Waals surface area contributed by atoms with Crippen molar-refractivity contribution in [2.75, 3.05) is 0 Å². The van der Waals surface area contributed by atoms with Gasteiger partial charge in [0.15, 0.2) is 11.2 Å². The Morgan fingerprint density at radius 2 is 1.73 bits per heavy atom. The Morgan fingerprint density at radius 3 is 2.43 bits per heavy atom. The largest absolute Gasteiger partial charge is 0.285 e. The van der Waals surface area contributed by atoms with Gasteiger partial charge >= 0.3 is 0 Å². The second-order valence-corrected chi connectivity index (χ2v) is 7.73. The Bertz CT molecular complexity index is 1460. The highest BCUT2D eigenvalue weighted by atomic mass is 79.9. The lowest BCUT2D eigenvalue weighted by Crippen LogP contribution is -2.20. The van der Waals surface area contributed by atoms with Gasteiger partial charge < -0.3 is 0 Å².